The zero-order valence-electron chi connectivity index (χ0n) is 7.44. The normalized spacial score (nSPS) is 12.4. The molecule has 1 amide bonds. The Morgan fingerprint density at radius 1 is 1.31 bits per heavy atom. The number of rotatable bonds is 4. The first kappa shape index (κ1) is 9.74. The van der Waals surface area contributed by atoms with Gasteiger partial charge in [0.1, 0.15) is 0 Å². The smallest absolute Gasteiger partial charge is 0.218 e. The standard InChI is InChI=1S/C10H14N2O/c11-7-9(6-10(12)13)8-4-2-1-3-5-8/h1-5,9H,6-7,11H2,(H2,12,13)/t9-/m1/s1. The molecule has 0 radical (unpaired) electrons. The average molecular weight is 178 g/mol. The minimum Gasteiger partial charge on any atom is -0.370 e. The van der Waals surface area contributed by atoms with Gasteiger partial charge in [-0.2, -0.15) is 0 Å². The number of benzene rings is 1. The second-order valence-corrected chi connectivity index (χ2v) is 3.01. The predicted molar refractivity (Wildman–Crippen MR) is 52.0 cm³/mol. The van der Waals surface area contributed by atoms with Crippen molar-refractivity contribution in [2.75, 3.05) is 6.54 Å². The van der Waals surface area contributed by atoms with Crippen LogP contribution in [0.4, 0.5) is 0 Å². The van der Waals surface area contributed by atoms with Crippen LogP contribution in [-0.4, -0.2) is 12.5 Å². The highest BCUT2D eigenvalue weighted by Crippen LogP contribution is 2.17. The van der Waals surface area contributed by atoms with Gasteiger partial charge in [0.05, 0.1) is 0 Å². The van der Waals surface area contributed by atoms with Crippen LogP contribution in [0, 0.1) is 0 Å². The van der Waals surface area contributed by atoms with Crippen molar-refractivity contribution in [3.05, 3.63) is 35.9 Å². The van der Waals surface area contributed by atoms with Crippen molar-refractivity contribution >= 4 is 5.91 Å². The molecule has 1 aromatic rings. The Labute approximate surface area is 77.7 Å². The van der Waals surface area contributed by atoms with Crippen molar-refractivity contribution in [2.24, 2.45) is 11.5 Å². The van der Waals surface area contributed by atoms with E-state index in [1.54, 1.807) is 0 Å². The van der Waals surface area contributed by atoms with E-state index >= 15 is 0 Å². The fraction of sp³-hybridized carbons (Fsp3) is 0.300. The third-order valence-corrected chi connectivity index (χ3v) is 2.00. The molecule has 0 heterocycles. The van der Waals surface area contributed by atoms with Crippen LogP contribution >= 0.6 is 0 Å². The predicted octanol–water partition coefficient (Wildman–Crippen LogP) is 0.604. The molecule has 0 aliphatic heterocycles. The van der Waals surface area contributed by atoms with Gasteiger partial charge in [-0.3, -0.25) is 4.79 Å². The molecule has 1 aromatic carbocycles. The van der Waals surface area contributed by atoms with E-state index in [2.05, 4.69) is 0 Å². The monoisotopic (exact) mass is 178 g/mol. The van der Waals surface area contributed by atoms with Gasteiger partial charge in [-0.15, -0.1) is 0 Å². The molecular weight excluding hydrogens is 164 g/mol. The maximum atomic E-state index is 10.7. The molecule has 1 rings (SSSR count). The van der Waals surface area contributed by atoms with Crippen LogP contribution in [0.2, 0.25) is 0 Å². The van der Waals surface area contributed by atoms with Crippen molar-refractivity contribution in [1.29, 1.82) is 0 Å². The Kier molecular flexibility index (Phi) is 3.46. The van der Waals surface area contributed by atoms with E-state index in [-0.39, 0.29) is 11.8 Å². The first-order chi connectivity index (χ1) is 6.24. The molecule has 70 valence electrons. The van der Waals surface area contributed by atoms with Crippen LogP contribution in [0.25, 0.3) is 0 Å². The largest absolute Gasteiger partial charge is 0.370 e. The quantitative estimate of drug-likeness (QED) is 0.709. The molecule has 0 spiro atoms. The van der Waals surface area contributed by atoms with Crippen LogP contribution in [0.5, 0.6) is 0 Å². The zero-order chi connectivity index (χ0) is 9.68. The number of amides is 1. The van der Waals surface area contributed by atoms with Crippen LogP contribution in [-0.2, 0) is 4.79 Å². The summed E-state index contributed by atoms with van der Waals surface area (Å²) in [4.78, 5) is 10.7. The third kappa shape index (κ3) is 2.87. The molecule has 13 heavy (non-hydrogen) atoms. The van der Waals surface area contributed by atoms with E-state index in [0.717, 1.165) is 5.56 Å². The van der Waals surface area contributed by atoms with E-state index in [4.69, 9.17) is 11.5 Å². The Hall–Kier alpha value is -1.35. The molecule has 0 saturated carbocycles. The number of nitrogens with two attached hydrogens (primary N) is 2. The zero-order valence-corrected chi connectivity index (χ0v) is 7.44. The van der Waals surface area contributed by atoms with Crippen LogP contribution < -0.4 is 11.5 Å². The molecule has 0 saturated heterocycles. The topological polar surface area (TPSA) is 69.1 Å². The minimum absolute atomic E-state index is 0.0544. The average Bonchev–Trinajstić information content (AvgIpc) is 2.15. The number of hydrogen-bond acceptors (Lipinski definition) is 2. The summed E-state index contributed by atoms with van der Waals surface area (Å²) >= 11 is 0. The molecule has 0 aromatic heterocycles. The van der Waals surface area contributed by atoms with Gasteiger partial charge in [0.15, 0.2) is 0 Å². The summed E-state index contributed by atoms with van der Waals surface area (Å²) < 4.78 is 0. The third-order valence-electron chi connectivity index (χ3n) is 2.00. The number of carbonyl (C=O) groups is 1. The summed E-state index contributed by atoms with van der Waals surface area (Å²) in [6, 6.07) is 9.71. The van der Waals surface area contributed by atoms with E-state index < -0.39 is 0 Å². The first-order valence-corrected chi connectivity index (χ1v) is 4.27. The highest BCUT2D eigenvalue weighted by atomic mass is 16.1. The molecule has 0 unspecified atom stereocenters. The lowest BCUT2D eigenvalue weighted by Crippen LogP contribution is -2.20. The SMILES string of the molecule is NC[C@@H](CC(N)=O)c1ccccc1. The van der Waals surface area contributed by atoms with Gasteiger partial charge in [-0.25, -0.2) is 0 Å². The van der Waals surface area contributed by atoms with Crippen LogP contribution in [0.15, 0.2) is 30.3 Å². The maximum absolute atomic E-state index is 10.7. The highest BCUT2D eigenvalue weighted by Gasteiger charge is 2.11. The van der Waals surface area contributed by atoms with Gasteiger partial charge in [0.25, 0.3) is 0 Å². The summed E-state index contributed by atoms with van der Waals surface area (Å²) in [6.07, 6.45) is 0.320. The van der Waals surface area contributed by atoms with Crippen molar-refractivity contribution < 1.29 is 4.79 Å². The summed E-state index contributed by atoms with van der Waals surface area (Å²) in [5, 5.41) is 0. The molecule has 0 bridgehead atoms. The summed E-state index contributed by atoms with van der Waals surface area (Å²) in [5.41, 5.74) is 11.7. The summed E-state index contributed by atoms with van der Waals surface area (Å²) in [7, 11) is 0. The first-order valence-electron chi connectivity index (χ1n) is 4.27. The number of carbonyl (C=O) groups excluding carboxylic acids is 1. The second-order valence-electron chi connectivity index (χ2n) is 3.01. The Morgan fingerprint density at radius 2 is 1.92 bits per heavy atom. The van der Waals surface area contributed by atoms with E-state index in [1.165, 1.54) is 0 Å². The fourth-order valence-corrected chi connectivity index (χ4v) is 1.31. The van der Waals surface area contributed by atoms with Gasteiger partial charge in [0.2, 0.25) is 5.91 Å². The fourth-order valence-electron chi connectivity index (χ4n) is 1.31. The van der Waals surface area contributed by atoms with Gasteiger partial charge < -0.3 is 11.5 Å². The molecule has 0 aliphatic rings. The summed E-state index contributed by atoms with van der Waals surface area (Å²) in [5.74, 6) is -0.252. The van der Waals surface area contributed by atoms with Crippen LogP contribution in [0.3, 0.4) is 0 Å². The molecule has 1 atom stereocenters. The summed E-state index contributed by atoms with van der Waals surface area (Å²) in [6.45, 7) is 0.451. The highest BCUT2D eigenvalue weighted by molar-refractivity contribution is 5.74. The van der Waals surface area contributed by atoms with Gasteiger partial charge in [-0.1, -0.05) is 30.3 Å². The number of primary amides is 1. The lowest BCUT2D eigenvalue weighted by Gasteiger charge is -2.12. The maximum Gasteiger partial charge on any atom is 0.218 e. The Bertz CT molecular complexity index is 272. The Morgan fingerprint density at radius 3 is 2.38 bits per heavy atom. The van der Waals surface area contributed by atoms with Crippen molar-refractivity contribution in [2.45, 2.75) is 12.3 Å². The molecule has 3 nitrogen and oxygen atoms in total. The van der Waals surface area contributed by atoms with E-state index in [1.807, 2.05) is 30.3 Å². The molecule has 4 N–H and O–H groups in total. The Balaban J connectivity index is 2.73. The lowest BCUT2D eigenvalue weighted by atomic mass is 9.96. The van der Waals surface area contributed by atoms with Gasteiger partial charge >= 0.3 is 0 Å². The van der Waals surface area contributed by atoms with Gasteiger partial charge in [-0.05, 0) is 12.1 Å². The van der Waals surface area contributed by atoms with Crippen LogP contribution in [0.1, 0.15) is 17.9 Å². The molecular formula is C10H14N2O. The number of hydrogen-bond donors (Lipinski definition) is 2. The van der Waals surface area contributed by atoms with Crippen molar-refractivity contribution in [3.8, 4) is 0 Å². The van der Waals surface area contributed by atoms with Crippen molar-refractivity contribution in [1.82, 2.24) is 0 Å². The van der Waals surface area contributed by atoms with Crippen molar-refractivity contribution in [3.63, 3.8) is 0 Å². The van der Waals surface area contributed by atoms with E-state index in [9.17, 15) is 4.79 Å². The van der Waals surface area contributed by atoms with Gasteiger partial charge in [0, 0.05) is 12.3 Å². The van der Waals surface area contributed by atoms with E-state index in [0.29, 0.717) is 13.0 Å². The molecule has 0 aliphatic carbocycles. The molecule has 3 heteroatoms. The second kappa shape index (κ2) is 4.62. The molecule has 0 fully saturated rings. The minimum atomic E-state index is -0.306. The lowest BCUT2D eigenvalue weighted by molar-refractivity contribution is -0.118.